The van der Waals surface area contributed by atoms with Crippen LogP contribution in [0.1, 0.15) is 25.8 Å². The standard InChI is InChI=1S/C21H23N3O3/c1-15(2)27-13-5-12-24-21(26)18(14-22)19(25)10-9-17-7-3-6-16-8-4-11-23-20(16)17/h3-4,6-11,15,18H,5,12-13H2,1-2H3,(H,24,26)/b10-9+. The van der Waals surface area contributed by atoms with Gasteiger partial charge in [-0.3, -0.25) is 14.6 Å². The zero-order valence-corrected chi connectivity index (χ0v) is 15.5. The lowest BCUT2D eigenvalue weighted by atomic mass is 10.0. The number of nitriles is 1. The molecule has 1 aromatic carbocycles. The summed E-state index contributed by atoms with van der Waals surface area (Å²) in [4.78, 5) is 28.7. The Morgan fingerprint density at radius 3 is 2.81 bits per heavy atom. The van der Waals surface area contributed by atoms with Crippen molar-refractivity contribution in [3.05, 3.63) is 48.2 Å². The van der Waals surface area contributed by atoms with Crippen molar-refractivity contribution in [2.45, 2.75) is 26.4 Å². The van der Waals surface area contributed by atoms with Crippen molar-refractivity contribution >= 4 is 28.7 Å². The van der Waals surface area contributed by atoms with Crippen LogP contribution in [-0.4, -0.2) is 35.9 Å². The number of hydrogen-bond donors (Lipinski definition) is 1. The molecule has 0 radical (unpaired) electrons. The molecule has 6 heteroatoms. The van der Waals surface area contributed by atoms with Gasteiger partial charge >= 0.3 is 0 Å². The van der Waals surface area contributed by atoms with Gasteiger partial charge in [-0.25, -0.2) is 0 Å². The predicted molar refractivity (Wildman–Crippen MR) is 104 cm³/mol. The molecule has 140 valence electrons. The number of hydrogen-bond acceptors (Lipinski definition) is 5. The number of pyridine rings is 1. The van der Waals surface area contributed by atoms with Gasteiger partial charge in [-0.05, 0) is 38.5 Å². The number of aromatic nitrogens is 1. The fourth-order valence-corrected chi connectivity index (χ4v) is 2.49. The van der Waals surface area contributed by atoms with Crippen LogP contribution in [0.4, 0.5) is 0 Å². The van der Waals surface area contributed by atoms with E-state index in [1.807, 2.05) is 44.2 Å². The Labute approximate surface area is 158 Å². The number of para-hydroxylation sites is 1. The van der Waals surface area contributed by atoms with Crippen LogP contribution in [0.3, 0.4) is 0 Å². The number of nitrogens with one attached hydrogen (secondary N) is 1. The average molecular weight is 365 g/mol. The zero-order chi connectivity index (χ0) is 19.6. The minimum absolute atomic E-state index is 0.128. The molecule has 27 heavy (non-hydrogen) atoms. The summed E-state index contributed by atoms with van der Waals surface area (Å²) in [5.41, 5.74) is 1.51. The second-order valence-electron chi connectivity index (χ2n) is 6.28. The van der Waals surface area contributed by atoms with Gasteiger partial charge in [0.15, 0.2) is 11.7 Å². The third kappa shape index (κ3) is 6.01. The number of amides is 1. The fraction of sp³-hybridized carbons (Fsp3) is 0.333. The van der Waals surface area contributed by atoms with Gasteiger partial charge in [0.2, 0.25) is 5.91 Å². The van der Waals surface area contributed by atoms with Crippen molar-refractivity contribution in [2.24, 2.45) is 5.92 Å². The van der Waals surface area contributed by atoms with Crippen LogP contribution in [0.15, 0.2) is 42.6 Å². The van der Waals surface area contributed by atoms with Crippen LogP contribution in [-0.2, 0) is 14.3 Å². The first-order valence-corrected chi connectivity index (χ1v) is 8.87. The zero-order valence-electron chi connectivity index (χ0n) is 15.5. The van der Waals surface area contributed by atoms with Gasteiger partial charge in [0, 0.05) is 30.3 Å². The van der Waals surface area contributed by atoms with Crippen molar-refractivity contribution in [1.82, 2.24) is 10.3 Å². The quantitative estimate of drug-likeness (QED) is 0.419. The SMILES string of the molecule is CC(C)OCCCNC(=O)C(C#N)C(=O)/C=C/c1cccc2cccnc12. The molecule has 0 fully saturated rings. The first-order chi connectivity index (χ1) is 13.0. The maximum Gasteiger partial charge on any atom is 0.245 e. The molecule has 0 aliphatic heterocycles. The molecule has 1 amide bonds. The molecule has 1 unspecified atom stereocenters. The van der Waals surface area contributed by atoms with Gasteiger partial charge < -0.3 is 10.1 Å². The molecular weight excluding hydrogens is 342 g/mol. The van der Waals surface area contributed by atoms with Crippen LogP contribution < -0.4 is 5.32 Å². The maximum absolute atomic E-state index is 12.3. The van der Waals surface area contributed by atoms with Crippen molar-refractivity contribution in [2.75, 3.05) is 13.2 Å². The summed E-state index contributed by atoms with van der Waals surface area (Å²) in [5.74, 6) is -2.51. The van der Waals surface area contributed by atoms with Crippen LogP contribution in [0.5, 0.6) is 0 Å². The first kappa shape index (κ1) is 20.3. The molecule has 0 saturated heterocycles. The molecule has 0 aliphatic rings. The molecule has 0 bridgehead atoms. The number of carbonyl (C=O) groups excluding carboxylic acids is 2. The number of ether oxygens (including phenoxy) is 1. The van der Waals surface area contributed by atoms with Crippen LogP contribution in [0, 0.1) is 17.2 Å². The summed E-state index contributed by atoms with van der Waals surface area (Å²) in [5, 5.41) is 12.8. The maximum atomic E-state index is 12.3. The highest BCUT2D eigenvalue weighted by Crippen LogP contribution is 2.17. The van der Waals surface area contributed by atoms with E-state index in [-0.39, 0.29) is 6.10 Å². The van der Waals surface area contributed by atoms with E-state index in [2.05, 4.69) is 10.3 Å². The summed E-state index contributed by atoms with van der Waals surface area (Å²) in [6, 6.07) is 11.2. The molecule has 6 nitrogen and oxygen atoms in total. The summed E-state index contributed by atoms with van der Waals surface area (Å²) in [6.07, 6.45) is 5.27. The Morgan fingerprint density at radius 2 is 2.07 bits per heavy atom. The summed E-state index contributed by atoms with van der Waals surface area (Å²) in [6.45, 7) is 4.73. The van der Waals surface area contributed by atoms with Gasteiger partial charge in [0.05, 0.1) is 17.7 Å². The van der Waals surface area contributed by atoms with Crippen molar-refractivity contribution in [3.63, 3.8) is 0 Å². The Kier molecular flexibility index (Phi) is 7.65. The summed E-state index contributed by atoms with van der Waals surface area (Å²) >= 11 is 0. The number of allylic oxidation sites excluding steroid dienone is 1. The van der Waals surface area contributed by atoms with E-state index in [4.69, 9.17) is 4.74 Å². The molecule has 1 N–H and O–H groups in total. The summed E-state index contributed by atoms with van der Waals surface area (Å²) < 4.78 is 5.38. The van der Waals surface area contributed by atoms with Crippen molar-refractivity contribution in [3.8, 4) is 6.07 Å². The minimum atomic E-state index is -1.37. The van der Waals surface area contributed by atoms with Crippen LogP contribution >= 0.6 is 0 Å². The van der Waals surface area contributed by atoms with Gasteiger partial charge in [-0.15, -0.1) is 0 Å². The highest BCUT2D eigenvalue weighted by molar-refractivity contribution is 6.10. The molecular formula is C21H23N3O3. The lowest BCUT2D eigenvalue weighted by molar-refractivity contribution is -0.129. The van der Waals surface area contributed by atoms with Gasteiger partial charge in [-0.1, -0.05) is 24.3 Å². The van der Waals surface area contributed by atoms with E-state index < -0.39 is 17.6 Å². The van der Waals surface area contributed by atoms with Crippen molar-refractivity contribution in [1.29, 1.82) is 5.26 Å². The average Bonchev–Trinajstić information content (AvgIpc) is 2.66. The van der Waals surface area contributed by atoms with E-state index in [1.165, 1.54) is 6.08 Å². The molecule has 2 rings (SSSR count). The molecule has 0 aliphatic carbocycles. The van der Waals surface area contributed by atoms with E-state index >= 15 is 0 Å². The van der Waals surface area contributed by atoms with Gasteiger partial charge in [-0.2, -0.15) is 5.26 Å². The van der Waals surface area contributed by atoms with E-state index in [9.17, 15) is 14.9 Å². The molecule has 1 aromatic heterocycles. The number of ketones is 1. The molecule has 1 atom stereocenters. The van der Waals surface area contributed by atoms with E-state index in [1.54, 1.807) is 18.3 Å². The topological polar surface area (TPSA) is 92.1 Å². The summed E-state index contributed by atoms with van der Waals surface area (Å²) in [7, 11) is 0. The van der Waals surface area contributed by atoms with E-state index in [0.29, 0.717) is 19.6 Å². The highest BCUT2D eigenvalue weighted by Gasteiger charge is 2.23. The number of carbonyl (C=O) groups is 2. The first-order valence-electron chi connectivity index (χ1n) is 8.87. The molecule has 0 saturated carbocycles. The normalized spacial score (nSPS) is 12.2. The number of nitrogens with zero attached hydrogens (tertiary/aromatic N) is 2. The molecule has 0 spiro atoms. The fourth-order valence-electron chi connectivity index (χ4n) is 2.49. The number of fused-ring (bicyclic) bond motifs is 1. The minimum Gasteiger partial charge on any atom is -0.379 e. The van der Waals surface area contributed by atoms with Gasteiger partial charge in [0.1, 0.15) is 0 Å². The highest BCUT2D eigenvalue weighted by atomic mass is 16.5. The smallest absolute Gasteiger partial charge is 0.245 e. The Morgan fingerprint density at radius 1 is 1.30 bits per heavy atom. The Hall–Kier alpha value is -3.04. The third-order valence-corrected chi connectivity index (χ3v) is 3.84. The Bertz CT molecular complexity index is 863. The number of rotatable bonds is 9. The monoisotopic (exact) mass is 365 g/mol. The van der Waals surface area contributed by atoms with Crippen LogP contribution in [0.2, 0.25) is 0 Å². The largest absolute Gasteiger partial charge is 0.379 e. The van der Waals surface area contributed by atoms with Gasteiger partial charge in [0.25, 0.3) is 0 Å². The molecule has 1 heterocycles. The second kappa shape index (κ2) is 10.2. The Balaban J connectivity index is 1.97. The molecule has 2 aromatic rings. The lowest BCUT2D eigenvalue weighted by Gasteiger charge is -2.09. The third-order valence-electron chi connectivity index (χ3n) is 3.84. The second-order valence-corrected chi connectivity index (χ2v) is 6.28. The van der Waals surface area contributed by atoms with Crippen LogP contribution in [0.25, 0.3) is 17.0 Å². The van der Waals surface area contributed by atoms with E-state index in [0.717, 1.165) is 16.5 Å². The van der Waals surface area contributed by atoms with Crippen molar-refractivity contribution < 1.29 is 14.3 Å². The predicted octanol–water partition coefficient (Wildman–Crippen LogP) is 2.89. The lowest BCUT2D eigenvalue weighted by Crippen LogP contribution is -2.35. The number of benzene rings is 1.